The molecule has 1 fully saturated rings. The molecule has 0 aliphatic carbocycles. The summed E-state index contributed by atoms with van der Waals surface area (Å²) in [4.78, 5) is 20.9. The van der Waals surface area contributed by atoms with Crippen LogP contribution in [0, 0.1) is 0 Å². The quantitative estimate of drug-likeness (QED) is 0.535. The van der Waals surface area contributed by atoms with E-state index in [4.69, 9.17) is 9.84 Å². The van der Waals surface area contributed by atoms with E-state index in [1.54, 1.807) is 0 Å². The predicted octanol–water partition coefficient (Wildman–Crippen LogP) is -0.842. The second-order valence-electron chi connectivity index (χ2n) is 2.88. The molecule has 1 aliphatic rings. The summed E-state index contributed by atoms with van der Waals surface area (Å²) >= 11 is 0. The lowest BCUT2D eigenvalue weighted by molar-refractivity contribution is -0.139. The van der Waals surface area contributed by atoms with E-state index in [-0.39, 0.29) is 6.10 Å². The zero-order chi connectivity index (χ0) is 9.84. The first-order valence-corrected chi connectivity index (χ1v) is 4.00. The van der Waals surface area contributed by atoms with Gasteiger partial charge in [-0.2, -0.15) is 0 Å². The van der Waals surface area contributed by atoms with Gasteiger partial charge >= 0.3 is 12.1 Å². The van der Waals surface area contributed by atoms with Crippen LogP contribution in [0.5, 0.6) is 0 Å². The van der Waals surface area contributed by atoms with Crippen LogP contribution in [0.25, 0.3) is 0 Å². The van der Waals surface area contributed by atoms with Gasteiger partial charge in [0.15, 0.2) is 0 Å². The van der Waals surface area contributed by atoms with Gasteiger partial charge in [-0.3, -0.25) is 4.79 Å². The fourth-order valence-electron chi connectivity index (χ4n) is 0.941. The predicted molar refractivity (Wildman–Crippen MR) is 43.4 cm³/mol. The van der Waals surface area contributed by atoms with Crippen LogP contribution in [-0.2, 0) is 9.53 Å². The molecular weight excluding hydrogens is 176 g/mol. The Morgan fingerprint density at radius 3 is 3.08 bits per heavy atom. The molecule has 3 N–H and O–H groups in total. The van der Waals surface area contributed by atoms with Crippen LogP contribution >= 0.6 is 0 Å². The van der Waals surface area contributed by atoms with E-state index in [0.717, 1.165) is 0 Å². The van der Waals surface area contributed by atoms with Gasteiger partial charge in [0.2, 0.25) is 0 Å². The maximum absolute atomic E-state index is 10.6. The Kier molecular flexibility index (Phi) is 3.07. The largest absolute Gasteiger partial charge is 0.480 e. The van der Waals surface area contributed by atoms with Crippen LogP contribution in [0.1, 0.15) is 6.92 Å². The zero-order valence-electron chi connectivity index (χ0n) is 7.24. The summed E-state index contributed by atoms with van der Waals surface area (Å²) in [5, 5.41) is 13.7. The molecule has 1 amide bonds. The number of hydrogen-bond donors (Lipinski definition) is 3. The number of ether oxygens (including phenoxy) is 1. The van der Waals surface area contributed by atoms with Crippen LogP contribution in [-0.4, -0.2) is 42.4 Å². The zero-order valence-corrected chi connectivity index (χ0v) is 7.24. The standard InChI is InChI=1S/C7H12N2O4/c1-4(6(10)11)8-2-5-3-9-7(12)13-5/h4-5,8H,2-3H2,1H3,(H,9,12)(H,10,11)/t4-,5?/m0/s1. The molecule has 13 heavy (non-hydrogen) atoms. The minimum absolute atomic E-state index is 0.269. The molecule has 0 aromatic carbocycles. The van der Waals surface area contributed by atoms with Gasteiger partial charge in [0.25, 0.3) is 0 Å². The Labute approximate surface area is 75.3 Å². The Balaban J connectivity index is 2.19. The van der Waals surface area contributed by atoms with Gasteiger partial charge in [-0.05, 0) is 6.92 Å². The van der Waals surface area contributed by atoms with Gasteiger partial charge in [-0.15, -0.1) is 0 Å². The van der Waals surface area contributed by atoms with E-state index >= 15 is 0 Å². The number of carboxylic acids is 1. The highest BCUT2D eigenvalue weighted by Gasteiger charge is 2.23. The molecule has 0 spiro atoms. The molecule has 1 rings (SSSR count). The number of carboxylic acid groups (broad SMARTS) is 1. The normalized spacial score (nSPS) is 23.5. The van der Waals surface area contributed by atoms with Crippen molar-refractivity contribution in [1.82, 2.24) is 10.6 Å². The van der Waals surface area contributed by atoms with E-state index in [9.17, 15) is 9.59 Å². The highest BCUT2D eigenvalue weighted by atomic mass is 16.6. The SMILES string of the molecule is C[C@H](NCC1CNC(=O)O1)C(=O)O. The number of carbonyl (C=O) groups is 2. The summed E-state index contributed by atoms with van der Waals surface area (Å²) in [5.74, 6) is -0.919. The average molecular weight is 188 g/mol. The van der Waals surface area contributed by atoms with Crippen molar-refractivity contribution in [3.05, 3.63) is 0 Å². The monoisotopic (exact) mass is 188 g/mol. The molecule has 0 aromatic heterocycles. The van der Waals surface area contributed by atoms with Crippen molar-refractivity contribution in [2.24, 2.45) is 0 Å². The lowest BCUT2D eigenvalue weighted by atomic mass is 10.3. The van der Waals surface area contributed by atoms with Crippen molar-refractivity contribution in [1.29, 1.82) is 0 Å². The van der Waals surface area contributed by atoms with Crippen LogP contribution < -0.4 is 10.6 Å². The molecule has 6 nitrogen and oxygen atoms in total. The average Bonchev–Trinajstić information content (AvgIpc) is 2.47. The Bertz CT molecular complexity index is 219. The second-order valence-corrected chi connectivity index (χ2v) is 2.88. The van der Waals surface area contributed by atoms with Gasteiger partial charge in [-0.25, -0.2) is 4.79 Å². The fourth-order valence-corrected chi connectivity index (χ4v) is 0.941. The topological polar surface area (TPSA) is 87.7 Å². The number of hydrogen-bond acceptors (Lipinski definition) is 4. The van der Waals surface area contributed by atoms with Gasteiger partial charge in [0.05, 0.1) is 6.54 Å². The van der Waals surface area contributed by atoms with E-state index in [1.807, 2.05) is 0 Å². The summed E-state index contributed by atoms with van der Waals surface area (Å²) in [5.41, 5.74) is 0. The first-order valence-electron chi connectivity index (χ1n) is 4.00. The van der Waals surface area contributed by atoms with E-state index in [0.29, 0.717) is 13.1 Å². The second kappa shape index (κ2) is 4.08. The molecule has 1 heterocycles. The highest BCUT2D eigenvalue weighted by molar-refractivity contribution is 5.73. The number of cyclic esters (lactones) is 1. The summed E-state index contributed by atoms with van der Waals surface area (Å²) in [6.45, 7) is 2.32. The van der Waals surface area contributed by atoms with Gasteiger partial charge in [-0.1, -0.05) is 0 Å². The summed E-state index contributed by atoms with van der Waals surface area (Å²) in [6, 6.07) is -0.626. The minimum Gasteiger partial charge on any atom is -0.480 e. The molecule has 0 bridgehead atoms. The molecular formula is C7H12N2O4. The molecule has 6 heteroatoms. The Hall–Kier alpha value is -1.30. The van der Waals surface area contributed by atoms with Crippen molar-refractivity contribution in [2.45, 2.75) is 19.1 Å². The lowest BCUT2D eigenvalue weighted by Gasteiger charge is -2.11. The summed E-state index contributed by atoms with van der Waals surface area (Å²) in [7, 11) is 0. The Morgan fingerprint density at radius 1 is 1.92 bits per heavy atom. The van der Waals surface area contributed by atoms with E-state index < -0.39 is 18.1 Å². The first kappa shape index (κ1) is 9.79. The van der Waals surface area contributed by atoms with E-state index in [2.05, 4.69) is 10.6 Å². The van der Waals surface area contributed by atoms with Gasteiger partial charge < -0.3 is 20.5 Å². The van der Waals surface area contributed by atoms with Crippen molar-refractivity contribution >= 4 is 12.1 Å². The number of alkyl carbamates (subject to hydrolysis) is 1. The number of rotatable bonds is 4. The molecule has 1 unspecified atom stereocenters. The lowest BCUT2D eigenvalue weighted by Crippen LogP contribution is -2.39. The molecule has 1 saturated heterocycles. The van der Waals surface area contributed by atoms with Crippen LogP contribution in [0.2, 0.25) is 0 Å². The number of carbonyl (C=O) groups excluding carboxylic acids is 1. The van der Waals surface area contributed by atoms with Crippen molar-refractivity contribution in [3.63, 3.8) is 0 Å². The van der Waals surface area contributed by atoms with Crippen LogP contribution in [0.15, 0.2) is 0 Å². The van der Waals surface area contributed by atoms with Crippen LogP contribution in [0.3, 0.4) is 0 Å². The van der Waals surface area contributed by atoms with Crippen LogP contribution in [0.4, 0.5) is 4.79 Å². The maximum atomic E-state index is 10.6. The van der Waals surface area contributed by atoms with Crippen molar-refractivity contribution in [3.8, 4) is 0 Å². The Morgan fingerprint density at radius 2 is 2.62 bits per heavy atom. The fraction of sp³-hybridized carbons (Fsp3) is 0.714. The summed E-state index contributed by atoms with van der Waals surface area (Å²) < 4.78 is 4.79. The van der Waals surface area contributed by atoms with Crippen molar-refractivity contribution in [2.75, 3.05) is 13.1 Å². The number of aliphatic carboxylic acids is 1. The van der Waals surface area contributed by atoms with E-state index in [1.165, 1.54) is 6.92 Å². The molecule has 74 valence electrons. The first-order chi connectivity index (χ1) is 6.09. The maximum Gasteiger partial charge on any atom is 0.407 e. The number of nitrogens with one attached hydrogen (secondary N) is 2. The third kappa shape index (κ3) is 2.90. The number of amides is 1. The third-order valence-electron chi connectivity index (χ3n) is 1.77. The molecule has 1 aliphatic heterocycles. The van der Waals surface area contributed by atoms with Gasteiger partial charge in [0, 0.05) is 6.54 Å². The highest BCUT2D eigenvalue weighted by Crippen LogP contribution is 1.98. The minimum atomic E-state index is -0.919. The molecule has 0 radical (unpaired) electrons. The molecule has 0 aromatic rings. The van der Waals surface area contributed by atoms with Crippen molar-refractivity contribution < 1.29 is 19.4 Å². The molecule has 0 saturated carbocycles. The molecule has 2 atom stereocenters. The smallest absolute Gasteiger partial charge is 0.407 e. The van der Waals surface area contributed by atoms with Gasteiger partial charge in [0.1, 0.15) is 12.1 Å². The third-order valence-corrected chi connectivity index (χ3v) is 1.77. The summed E-state index contributed by atoms with van der Waals surface area (Å²) in [6.07, 6.45) is -0.718.